The van der Waals surface area contributed by atoms with Crippen LogP contribution in [-0.2, 0) is 11.5 Å². The molecule has 0 aliphatic carbocycles. The lowest BCUT2D eigenvalue weighted by Gasteiger charge is -2.16. The van der Waals surface area contributed by atoms with E-state index in [1.54, 1.807) is 10.8 Å². The van der Waals surface area contributed by atoms with Crippen LogP contribution in [0.15, 0.2) is 30.6 Å². The number of ether oxygens (including phenoxy) is 2. The molecule has 0 amide bonds. The first kappa shape index (κ1) is 28.3. The van der Waals surface area contributed by atoms with Gasteiger partial charge >= 0.3 is 0 Å². The van der Waals surface area contributed by atoms with Gasteiger partial charge in [-0.2, -0.15) is 0 Å². The Hall–Kier alpha value is -2.31. The molecule has 0 saturated carbocycles. The van der Waals surface area contributed by atoms with Crippen LogP contribution in [0, 0.1) is 17.6 Å². The average Bonchev–Trinajstić information content (AvgIpc) is 3.13. The van der Waals surface area contributed by atoms with Crippen molar-refractivity contribution < 1.29 is 23.4 Å². The van der Waals surface area contributed by atoms with Gasteiger partial charge in [-0.15, -0.1) is 0 Å². The first-order valence-corrected chi connectivity index (χ1v) is 16.0. The Balaban J connectivity index is 1.76. The van der Waals surface area contributed by atoms with Crippen LogP contribution in [0.1, 0.15) is 6.92 Å². The molecule has 0 saturated heterocycles. The maximum absolute atomic E-state index is 14.9. The number of benzene rings is 1. The minimum Gasteiger partial charge on any atom is -0.450 e. The third-order valence-corrected chi connectivity index (χ3v) is 7.53. The quantitative estimate of drug-likeness (QED) is 0.152. The Labute approximate surface area is 220 Å². The van der Waals surface area contributed by atoms with Crippen molar-refractivity contribution in [2.24, 2.45) is 5.92 Å². The van der Waals surface area contributed by atoms with Gasteiger partial charge in [-0.25, -0.2) is 13.8 Å². The molecule has 196 valence electrons. The van der Waals surface area contributed by atoms with Gasteiger partial charge in [0, 0.05) is 58.0 Å². The standard InChI is InChI=1S/C24H31ClF2N4O3SSi/c1-15(13-32)11-29-24(35)30-16-9-18(26)22(19(27)10-16)34-20-5-6-28-23-21(20)17(25)12-31(23)14-33-7-8-36(2,3)4/h5-6,9-10,12,15,32H,7-8,11,13-14H2,1-4H3,(H2,29,30,35). The van der Waals surface area contributed by atoms with E-state index in [0.717, 1.165) is 18.2 Å². The smallest absolute Gasteiger partial charge is 0.198 e. The van der Waals surface area contributed by atoms with Crippen molar-refractivity contribution in [3.05, 3.63) is 47.2 Å². The van der Waals surface area contributed by atoms with Gasteiger partial charge in [-0.3, -0.25) is 0 Å². The molecule has 7 nitrogen and oxygen atoms in total. The summed E-state index contributed by atoms with van der Waals surface area (Å²) in [5, 5.41) is 15.6. The highest BCUT2D eigenvalue weighted by Gasteiger charge is 2.19. The van der Waals surface area contributed by atoms with Crippen molar-refractivity contribution in [2.45, 2.75) is 39.3 Å². The van der Waals surface area contributed by atoms with Gasteiger partial charge in [0.05, 0.1) is 10.4 Å². The summed E-state index contributed by atoms with van der Waals surface area (Å²) in [5.41, 5.74) is 0.601. The van der Waals surface area contributed by atoms with Gasteiger partial charge in [0.25, 0.3) is 0 Å². The van der Waals surface area contributed by atoms with Gasteiger partial charge < -0.3 is 29.8 Å². The second-order valence-corrected chi connectivity index (χ2v) is 16.2. The topological polar surface area (TPSA) is 80.6 Å². The minimum atomic E-state index is -1.22. The Bertz CT molecular complexity index is 1200. The van der Waals surface area contributed by atoms with Crippen molar-refractivity contribution in [2.75, 3.05) is 25.1 Å². The number of halogens is 3. The molecule has 0 spiro atoms. The molecule has 0 aliphatic rings. The number of aliphatic hydroxyl groups excluding tert-OH is 1. The Morgan fingerprint density at radius 3 is 2.61 bits per heavy atom. The summed E-state index contributed by atoms with van der Waals surface area (Å²) in [6, 6.07) is 4.68. The number of thiocarbonyl (C=S) groups is 1. The summed E-state index contributed by atoms with van der Waals surface area (Å²) < 4.78 is 42.9. The zero-order valence-corrected chi connectivity index (χ0v) is 23.3. The summed E-state index contributed by atoms with van der Waals surface area (Å²) in [4.78, 5) is 4.35. The molecule has 0 fully saturated rings. The molecule has 12 heteroatoms. The lowest BCUT2D eigenvalue weighted by atomic mass is 10.2. The third-order valence-electron chi connectivity index (χ3n) is 5.29. The number of aliphatic hydroxyl groups is 1. The Kier molecular flexibility index (Phi) is 9.64. The summed E-state index contributed by atoms with van der Waals surface area (Å²) in [7, 11) is -1.22. The molecule has 2 aromatic heterocycles. The molecule has 0 bridgehead atoms. The fourth-order valence-electron chi connectivity index (χ4n) is 3.21. The summed E-state index contributed by atoms with van der Waals surface area (Å²) in [5.74, 6) is -2.27. The predicted molar refractivity (Wildman–Crippen MR) is 146 cm³/mol. The molecular weight excluding hydrogens is 526 g/mol. The number of hydrogen-bond acceptors (Lipinski definition) is 5. The molecule has 3 aromatic rings. The maximum Gasteiger partial charge on any atom is 0.198 e. The van der Waals surface area contributed by atoms with Gasteiger partial charge in [-0.05, 0) is 30.2 Å². The van der Waals surface area contributed by atoms with Crippen molar-refractivity contribution >= 4 is 53.7 Å². The number of fused-ring (bicyclic) bond motifs is 1. The van der Waals surface area contributed by atoms with Crippen LogP contribution in [0.2, 0.25) is 30.7 Å². The van der Waals surface area contributed by atoms with E-state index in [0.29, 0.717) is 29.2 Å². The lowest BCUT2D eigenvalue weighted by Crippen LogP contribution is -2.33. The molecule has 3 N–H and O–H groups in total. The summed E-state index contributed by atoms with van der Waals surface area (Å²) in [6.07, 6.45) is 3.14. The van der Waals surface area contributed by atoms with E-state index in [9.17, 15) is 8.78 Å². The van der Waals surface area contributed by atoms with Crippen molar-refractivity contribution in [1.82, 2.24) is 14.9 Å². The number of nitrogens with one attached hydrogen (secondary N) is 2. The minimum absolute atomic E-state index is 0.00773. The van der Waals surface area contributed by atoms with Crippen LogP contribution in [0.4, 0.5) is 14.5 Å². The molecular formula is C24H31ClF2N4O3SSi. The lowest BCUT2D eigenvalue weighted by molar-refractivity contribution is 0.0899. The molecule has 1 unspecified atom stereocenters. The highest BCUT2D eigenvalue weighted by molar-refractivity contribution is 7.80. The van der Waals surface area contributed by atoms with Crippen LogP contribution in [0.3, 0.4) is 0 Å². The van der Waals surface area contributed by atoms with E-state index in [2.05, 4.69) is 35.3 Å². The van der Waals surface area contributed by atoms with Crippen LogP contribution in [0.25, 0.3) is 11.0 Å². The second-order valence-electron chi connectivity index (χ2n) is 9.80. The van der Waals surface area contributed by atoms with Gasteiger partial charge in [0.1, 0.15) is 18.1 Å². The number of aromatic nitrogens is 2. The average molecular weight is 557 g/mol. The van der Waals surface area contributed by atoms with Gasteiger partial charge in [0.2, 0.25) is 0 Å². The van der Waals surface area contributed by atoms with Crippen LogP contribution in [0.5, 0.6) is 11.5 Å². The first-order valence-electron chi connectivity index (χ1n) is 11.5. The Morgan fingerprint density at radius 1 is 1.28 bits per heavy atom. The fraction of sp³-hybridized carbons (Fsp3) is 0.417. The zero-order valence-electron chi connectivity index (χ0n) is 20.7. The number of rotatable bonds is 11. The highest BCUT2D eigenvalue weighted by atomic mass is 35.5. The molecule has 0 aliphatic heterocycles. The molecule has 2 heterocycles. The SMILES string of the molecule is CC(CO)CNC(=S)Nc1cc(F)c(Oc2ccnc3c2c(Cl)cn3COCC[Si](C)(C)C)c(F)c1. The zero-order chi connectivity index (χ0) is 26.5. The second kappa shape index (κ2) is 12.3. The van der Waals surface area contributed by atoms with E-state index >= 15 is 0 Å². The van der Waals surface area contributed by atoms with Gasteiger partial charge in [0.15, 0.2) is 22.5 Å². The van der Waals surface area contributed by atoms with Crippen LogP contribution in [-0.4, -0.2) is 47.6 Å². The Morgan fingerprint density at radius 2 is 1.97 bits per heavy atom. The predicted octanol–water partition coefficient (Wildman–Crippen LogP) is 5.99. The van der Waals surface area contributed by atoms with E-state index in [-0.39, 0.29) is 35.8 Å². The highest BCUT2D eigenvalue weighted by Crippen LogP contribution is 2.37. The van der Waals surface area contributed by atoms with E-state index in [1.807, 2.05) is 6.92 Å². The monoisotopic (exact) mass is 556 g/mol. The maximum atomic E-state index is 14.9. The number of anilines is 1. The molecule has 1 atom stereocenters. The van der Waals surface area contributed by atoms with Crippen molar-refractivity contribution in [3.8, 4) is 11.5 Å². The third kappa shape index (κ3) is 7.59. The number of hydrogen-bond donors (Lipinski definition) is 3. The van der Waals surface area contributed by atoms with E-state index in [1.165, 1.54) is 12.3 Å². The van der Waals surface area contributed by atoms with E-state index in [4.69, 9.17) is 38.4 Å². The fourth-order valence-corrected chi connectivity index (χ4v) is 4.46. The van der Waals surface area contributed by atoms with E-state index < -0.39 is 25.5 Å². The first-order chi connectivity index (χ1) is 17.0. The molecule has 1 aromatic carbocycles. The number of pyridine rings is 1. The van der Waals surface area contributed by atoms with Crippen molar-refractivity contribution in [3.63, 3.8) is 0 Å². The molecule has 36 heavy (non-hydrogen) atoms. The summed E-state index contributed by atoms with van der Waals surface area (Å²) in [6.45, 7) is 9.93. The summed E-state index contributed by atoms with van der Waals surface area (Å²) >= 11 is 11.6. The number of nitrogens with zero attached hydrogens (tertiary/aromatic N) is 2. The molecule has 3 rings (SSSR count). The normalized spacial score (nSPS) is 12.6. The van der Waals surface area contributed by atoms with Crippen LogP contribution < -0.4 is 15.4 Å². The largest absolute Gasteiger partial charge is 0.450 e. The molecule has 0 radical (unpaired) electrons. The van der Waals surface area contributed by atoms with Crippen molar-refractivity contribution in [1.29, 1.82) is 0 Å². The van der Waals surface area contributed by atoms with Gasteiger partial charge in [-0.1, -0.05) is 38.2 Å². The van der Waals surface area contributed by atoms with Crippen LogP contribution >= 0.6 is 23.8 Å².